The fraction of sp³-hybridized carbons (Fsp3) is 0.211. The molecule has 126 valence electrons. The molecule has 1 aliphatic rings. The number of fused-ring (bicyclic) bond motifs is 1. The van der Waals surface area contributed by atoms with Crippen molar-refractivity contribution in [1.29, 1.82) is 0 Å². The Balaban J connectivity index is 1.57. The predicted molar refractivity (Wildman–Crippen MR) is 99.0 cm³/mol. The van der Waals surface area contributed by atoms with Gasteiger partial charge in [-0.2, -0.15) is 0 Å². The van der Waals surface area contributed by atoms with Gasteiger partial charge < -0.3 is 4.90 Å². The normalized spacial score (nSPS) is 14.6. The van der Waals surface area contributed by atoms with E-state index < -0.39 is 0 Å². The molecule has 0 spiro atoms. The van der Waals surface area contributed by atoms with E-state index in [1.54, 1.807) is 16.5 Å². The first-order valence-corrected chi connectivity index (χ1v) is 9.01. The number of nitrogens with zero attached hydrogens (tertiary/aromatic N) is 3. The van der Waals surface area contributed by atoms with Gasteiger partial charge in [0.1, 0.15) is 5.56 Å². The van der Waals surface area contributed by atoms with Crippen molar-refractivity contribution in [1.82, 2.24) is 14.3 Å². The highest BCUT2D eigenvalue weighted by molar-refractivity contribution is 7.15. The molecule has 0 saturated heterocycles. The summed E-state index contributed by atoms with van der Waals surface area (Å²) in [4.78, 5) is 31.7. The van der Waals surface area contributed by atoms with Gasteiger partial charge in [0.25, 0.3) is 11.5 Å². The van der Waals surface area contributed by atoms with Crippen molar-refractivity contribution in [2.24, 2.45) is 0 Å². The molecule has 4 rings (SSSR count). The summed E-state index contributed by atoms with van der Waals surface area (Å²) in [5.41, 5.74) is 3.49. The van der Waals surface area contributed by atoms with Crippen LogP contribution in [-0.2, 0) is 0 Å². The van der Waals surface area contributed by atoms with E-state index in [0.717, 1.165) is 6.42 Å². The number of thiazole rings is 1. The van der Waals surface area contributed by atoms with Crippen molar-refractivity contribution in [2.45, 2.75) is 13.3 Å². The summed E-state index contributed by atoms with van der Waals surface area (Å²) >= 11 is 1.37. The second kappa shape index (κ2) is 6.29. The molecule has 5 nitrogen and oxygen atoms in total. The number of aromatic nitrogens is 2. The lowest BCUT2D eigenvalue weighted by molar-refractivity contribution is 0.0770. The Labute approximate surface area is 148 Å². The number of carbonyl (C=O) groups excluding carboxylic acids is 1. The van der Waals surface area contributed by atoms with E-state index in [0.29, 0.717) is 18.1 Å². The lowest BCUT2D eigenvalue weighted by atomic mass is 9.98. The minimum absolute atomic E-state index is 0.128. The summed E-state index contributed by atoms with van der Waals surface area (Å²) in [5, 5.41) is 1.79. The van der Waals surface area contributed by atoms with Crippen LogP contribution in [0.3, 0.4) is 0 Å². The van der Waals surface area contributed by atoms with Gasteiger partial charge in [-0.05, 0) is 24.5 Å². The summed E-state index contributed by atoms with van der Waals surface area (Å²) in [7, 11) is 0. The van der Waals surface area contributed by atoms with Crippen LogP contribution in [0.5, 0.6) is 0 Å². The third-order valence-corrected chi connectivity index (χ3v) is 5.26. The molecule has 0 saturated carbocycles. The summed E-state index contributed by atoms with van der Waals surface area (Å²) in [6.07, 6.45) is 5.90. The van der Waals surface area contributed by atoms with E-state index >= 15 is 0 Å². The SMILES string of the molecule is Cc1ccc(C2=CCN(C(=O)c3cnc4sccn4c3=O)CC2)cc1. The molecule has 3 heterocycles. The smallest absolute Gasteiger partial charge is 0.271 e. The van der Waals surface area contributed by atoms with E-state index in [2.05, 4.69) is 42.2 Å². The second-order valence-corrected chi connectivity index (χ2v) is 7.00. The standard InChI is InChI=1S/C19H17N3O2S/c1-13-2-4-14(5-3-13)15-6-8-21(9-7-15)17(23)16-12-20-19-22(18(16)24)10-11-25-19/h2-6,10-12H,7-9H2,1H3. The number of hydrogen-bond donors (Lipinski definition) is 0. The maximum absolute atomic E-state index is 12.7. The largest absolute Gasteiger partial charge is 0.334 e. The highest BCUT2D eigenvalue weighted by Crippen LogP contribution is 2.23. The molecule has 0 bridgehead atoms. The number of benzene rings is 1. The van der Waals surface area contributed by atoms with Gasteiger partial charge in [-0.1, -0.05) is 35.9 Å². The average molecular weight is 351 g/mol. The average Bonchev–Trinajstić information content (AvgIpc) is 3.12. The molecule has 0 radical (unpaired) electrons. The number of carbonyl (C=O) groups is 1. The van der Waals surface area contributed by atoms with Crippen LogP contribution >= 0.6 is 11.3 Å². The summed E-state index contributed by atoms with van der Waals surface area (Å²) in [5.74, 6) is -0.252. The fourth-order valence-electron chi connectivity index (χ4n) is 3.03. The first-order chi connectivity index (χ1) is 12.1. The molecule has 2 aromatic heterocycles. The van der Waals surface area contributed by atoms with Gasteiger partial charge in [0.2, 0.25) is 0 Å². The quantitative estimate of drug-likeness (QED) is 0.713. The third kappa shape index (κ3) is 2.89. The van der Waals surface area contributed by atoms with E-state index in [-0.39, 0.29) is 17.0 Å². The number of amides is 1. The zero-order valence-electron chi connectivity index (χ0n) is 13.8. The van der Waals surface area contributed by atoms with Crippen molar-refractivity contribution < 1.29 is 4.79 Å². The predicted octanol–water partition coefficient (Wildman–Crippen LogP) is 2.99. The first-order valence-electron chi connectivity index (χ1n) is 8.14. The van der Waals surface area contributed by atoms with E-state index in [4.69, 9.17) is 0 Å². The van der Waals surface area contributed by atoms with Gasteiger partial charge in [-0.25, -0.2) is 4.98 Å². The lowest BCUT2D eigenvalue weighted by Gasteiger charge is -2.26. The van der Waals surface area contributed by atoms with Gasteiger partial charge in [0, 0.05) is 30.9 Å². The Bertz CT molecular complexity index is 1030. The van der Waals surface area contributed by atoms with E-state index in [9.17, 15) is 9.59 Å². The van der Waals surface area contributed by atoms with Gasteiger partial charge in [-0.3, -0.25) is 14.0 Å². The van der Waals surface area contributed by atoms with Crippen LogP contribution in [0.2, 0.25) is 0 Å². The van der Waals surface area contributed by atoms with Gasteiger partial charge in [-0.15, -0.1) is 11.3 Å². The monoisotopic (exact) mass is 351 g/mol. The van der Waals surface area contributed by atoms with Gasteiger partial charge >= 0.3 is 0 Å². The fourth-order valence-corrected chi connectivity index (χ4v) is 3.70. The maximum Gasteiger partial charge on any atom is 0.271 e. The summed E-state index contributed by atoms with van der Waals surface area (Å²) in [6.45, 7) is 3.18. The number of rotatable bonds is 2. The van der Waals surface area contributed by atoms with Crippen molar-refractivity contribution in [3.63, 3.8) is 0 Å². The highest BCUT2D eigenvalue weighted by atomic mass is 32.1. The molecule has 25 heavy (non-hydrogen) atoms. The maximum atomic E-state index is 12.7. The molecule has 1 aromatic carbocycles. The number of hydrogen-bond acceptors (Lipinski definition) is 4. The molecular weight excluding hydrogens is 334 g/mol. The Morgan fingerprint density at radius 3 is 2.76 bits per heavy atom. The topological polar surface area (TPSA) is 54.7 Å². The first kappa shape index (κ1) is 15.8. The molecule has 0 unspecified atom stereocenters. The molecule has 0 N–H and O–H groups in total. The van der Waals surface area contributed by atoms with Crippen LogP contribution in [0.25, 0.3) is 10.5 Å². The third-order valence-electron chi connectivity index (χ3n) is 4.49. The van der Waals surface area contributed by atoms with E-state index in [1.807, 2.05) is 0 Å². The van der Waals surface area contributed by atoms with Crippen LogP contribution in [-0.4, -0.2) is 33.3 Å². The Morgan fingerprint density at radius 2 is 2.04 bits per heavy atom. The van der Waals surface area contributed by atoms with Crippen LogP contribution in [0.15, 0.2) is 52.9 Å². The zero-order valence-corrected chi connectivity index (χ0v) is 14.6. The summed E-state index contributed by atoms with van der Waals surface area (Å²) in [6, 6.07) is 8.41. The Morgan fingerprint density at radius 1 is 1.24 bits per heavy atom. The van der Waals surface area contributed by atoms with Crippen molar-refractivity contribution in [2.75, 3.05) is 13.1 Å². The zero-order chi connectivity index (χ0) is 17.4. The number of aryl methyl sites for hydroxylation is 1. The van der Waals surface area contributed by atoms with Crippen LogP contribution in [0.1, 0.15) is 27.9 Å². The van der Waals surface area contributed by atoms with Gasteiger partial charge in [0.15, 0.2) is 4.96 Å². The molecule has 0 atom stereocenters. The van der Waals surface area contributed by atoms with Crippen molar-refractivity contribution in [3.8, 4) is 0 Å². The highest BCUT2D eigenvalue weighted by Gasteiger charge is 2.22. The van der Waals surface area contributed by atoms with Crippen molar-refractivity contribution >= 4 is 27.8 Å². The molecule has 1 aliphatic heterocycles. The van der Waals surface area contributed by atoms with Crippen LogP contribution < -0.4 is 5.56 Å². The minimum atomic E-state index is -0.301. The minimum Gasteiger partial charge on any atom is -0.334 e. The van der Waals surface area contributed by atoms with Crippen LogP contribution in [0.4, 0.5) is 0 Å². The molecular formula is C19H17N3O2S. The van der Waals surface area contributed by atoms with Crippen LogP contribution in [0, 0.1) is 6.92 Å². The summed E-state index contributed by atoms with van der Waals surface area (Å²) < 4.78 is 1.43. The molecule has 6 heteroatoms. The van der Waals surface area contributed by atoms with Crippen molar-refractivity contribution in [3.05, 3.63) is 75.2 Å². The van der Waals surface area contributed by atoms with E-state index in [1.165, 1.54) is 38.6 Å². The van der Waals surface area contributed by atoms with Gasteiger partial charge in [0.05, 0.1) is 0 Å². The Hall–Kier alpha value is -2.73. The lowest BCUT2D eigenvalue weighted by Crippen LogP contribution is -2.38. The Kier molecular flexibility index (Phi) is 3.97. The molecule has 0 fully saturated rings. The molecule has 3 aromatic rings. The molecule has 1 amide bonds. The molecule has 0 aliphatic carbocycles. The second-order valence-electron chi connectivity index (χ2n) is 6.13.